The highest BCUT2D eigenvalue weighted by Crippen LogP contribution is 2.43. The van der Waals surface area contributed by atoms with Gasteiger partial charge < -0.3 is 4.12 Å². The van der Waals surface area contributed by atoms with E-state index in [1.807, 2.05) is 0 Å². The van der Waals surface area contributed by atoms with Gasteiger partial charge in [0.05, 0.1) is 0 Å². The first-order valence-corrected chi connectivity index (χ1v) is 14.0. The van der Waals surface area contributed by atoms with Crippen LogP contribution in [0.2, 0.25) is 18.8 Å². The molecule has 48 valence electrons. The van der Waals surface area contributed by atoms with Gasteiger partial charge in [0.2, 0.25) is 11.6 Å². The fourth-order valence-electron chi connectivity index (χ4n) is 0.999. The lowest BCUT2D eigenvalue weighted by atomic mass is 11.8. The molecule has 0 aromatic heterocycles. The molecule has 1 rings (SSSR count). The molecule has 0 bridgehead atoms. The highest BCUT2D eigenvalue weighted by molar-refractivity contribution is 14.1. The van der Waals surface area contributed by atoms with Gasteiger partial charge in [0.25, 0.3) is 0 Å². The predicted molar refractivity (Wildman–Crippen MR) is 57.2 cm³/mol. The van der Waals surface area contributed by atoms with Gasteiger partial charge in [-0.05, 0) is 13.1 Å². The number of hydrogen-bond acceptors (Lipinski definition) is 1. The molecule has 0 N–H and O–H groups in total. The van der Waals surface area contributed by atoms with E-state index in [0.717, 1.165) is 0 Å². The Morgan fingerprint density at radius 1 is 1.25 bits per heavy atom. The van der Waals surface area contributed by atoms with Crippen molar-refractivity contribution in [2.75, 3.05) is 0 Å². The van der Waals surface area contributed by atoms with Crippen LogP contribution in [0.5, 0.6) is 0 Å². The van der Waals surface area contributed by atoms with Crippen molar-refractivity contribution in [3.8, 4) is 0 Å². The van der Waals surface area contributed by atoms with Crippen molar-refractivity contribution >= 4 is 55.2 Å². The molecule has 0 aliphatic carbocycles. The van der Waals surface area contributed by atoms with Crippen LogP contribution in [0.15, 0.2) is 0 Å². The Morgan fingerprint density at radius 2 is 1.50 bits per heavy atom. The van der Waals surface area contributed by atoms with E-state index in [0.29, 0.717) is 0 Å². The van der Waals surface area contributed by atoms with Crippen LogP contribution >= 0.6 is 43.6 Å². The lowest BCUT2D eigenvalue weighted by Gasteiger charge is -2.43. The zero-order valence-corrected chi connectivity index (χ0v) is 11.2. The highest BCUT2D eigenvalue weighted by Gasteiger charge is 2.51. The minimum atomic E-state index is -1.06. The topological polar surface area (TPSA) is 9.23 Å². The summed E-state index contributed by atoms with van der Waals surface area (Å²) in [6.07, 6.45) is 0. The fourth-order valence-corrected chi connectivity index (χ4v) is 41.2. The quantitative estimate of drug-likeness (QED) is 0.362. The lowest BCUT2D eigenvalue weighted by Crippen LogP contribution is -2.56. The van der Waals surface area contributed by atoms with Crippen molar-refractivity contribution in [3.05, 3.63) is 0 Å². The minimum Gasteiger partial charge on any atom is -0.441 e. The SMILES string of the molecule is C[Si]1(I)C[Si](C)(I)O1. The van der Waals surface area contributed by atoms with Crippen molar-refractivity contribution in [3.63, 3.8) is 0 Å². The molecule has 0 saturated carbocycles. The maximum Gasteiger partial charge on any atom is 0.245 e. The fraction of sp³-hybridized carbons (Fsp3) is 1.00. The number of rotatable bonds is 0. The normalized spacial score (nSPS) is 55.5. The zero-order chi connectivity index (χ0) is 6.41. The summed E-state index contributed by atoms with van der Waals surface area (Å²) in [5, 5.41) is 0. The summed E-state index contributed by atoms with van der Waals surface area (Å²) >= 11 is 5.00. The second kappa shape index (κ2) is 2.17. The maximum atomic E-state index is 5.76. The summed E-state index contributed by atoms with van der Waals surface area (Å²) in [5.74, 6) is -2.12. The highest BCUT2D eigenvalue weighted by atomic mass is 127. The van der Waals surface area contributed by atoms with E-state index in [1.54, 1.807) is 0 Å². The summed E-state index contributed by atoms with van der Waals surface area (Å²) in [5.41, 5.74) is 1.43. The van der Waals surface area contributed by atoms with Crippen molar-refractivity contribution in [2.24, 2.45) is 0 Å². The van der Waals surface area contributed by atoms with Gasteiger partial charge in [-0.25, -0.2) is 0 Å². The average molecular weight is 370 g/mol. The average Bonchev–Trinajstić information content (AvgIpc) is 1.20. The summed E-state index contributed by atoms with van der Waals surface area (Å²) < 4.78 is 5.76. The van der Waals surface area contributed by atoms with Gasteiger partial charge >= 0.3 is 0 Å². The molecule has 1 fully saturated rings. The van der Waals surface area contributed by atoms with E-state index in [9.17, 15) is 0 Å². The van der Waals surface area contributed by atoms with Crippen molar-refractivity contribution in [1.82, 2.24) is 0 Å². The second-order valence-corrected chi connectivity index (χ2v) is 22.8. The molecule has 8 heavy (non-hydrogen) atoms. The number of hydrogen-bond donors (Lipinski definition) is 0. The van der Waals surface area contributed by atoms with Crippen LogP contribution in [0.25, 0.3) is 0 Å². The molecule has 1 saturated heterocycles. The molecule has 2 atom stereocenters. The molecule has 0 amide bonds. The van der Waals surface area contributed by atoms with Crippen molar-refractivity contribution < 1.29 is 4.12 Å². The molecule has 2 unspecified atom stereocenters. The van der Waals surface area contributed by atoms with E-state index in [-0.39, 0.29) is 0 Å². The van der Waals surface area contributed by atoms with Gasteiger partial charge in [0.15, 0.2) is 0 Å². The molecule has 1 aliphatic rings. The molecule has 1 nitrogen and oxygen atoms in total. The van der Waals surface area contributed by atoms with E-state index in [4.69, 9.17) is 4.12 Å². The molecule has 5 heteroatoms. The summed E-state index contributed by atoms with van der Waals surface area (Å²) in [6, 6.07) is 0. The zero-order valence-electron chi connectivity index (χ0n) is 4.87. The van der Waals surface area contributed by atoms with Crippen LogP contribution in [-0.2, 0) is 4.12 Å². The summed E-state index contributed by atoms with van der Waals surface area (Å²) in [6.45, 7) is 4.56. The van der Waals surface area contributed by atoms with Crippen LogP contribution in [0.4, 0.5) is 0 Å². The smallest absolute Gasteiger partial charge is 0.245 e. The molecule has 0 radical (unpaired) electrons. The lowest BCUT2D eigenvalue weighted by molar-refractivity contribution is 0.550. The summed E-state index contributed by atoms with van der Waals surface area (Å²) in [7, 11) is 0. The van der Waals surface area contributed by atoms with Gasteiger partial charge in [-0.15, -0.1) is 0 Å². The second-order valence-electron chi connectivity index (χ2n) is 2.48. The van der Waals surface area contributed by atoms with Crippen LogP contribution in [0, 0.1) is 0 Å². The largest absolute Gasteiger partial charge is 0.441 e. The predicted octanol–water partition coefficient (Wildman–Crippen LogP) is 2.57. The number of halogens is 2. The molecule has 1 aliphatic heterocycles. The summed E-state index contributed by atoms with van der Waals surface area (Å²) in [4.78, 5) is 0. The van der Waals surface area contributed by atoms with Gasteiger partial charge in [-0.1, -0.05) is 43.6 Å². The molecule has 0 aromatic carbocycles. The molecule has 0 spiro atoms. The molecular formula is C3H8I2OSi2. The van der Waals surface area contributed by atoms with Crippen molar-refractivity contribution in [1.29, 1.82) is 0 Å². The van der Waals surface area contributed by atoms with Gasteiger partial charge in [-0.3, -0.25) is 0 Å². The first-order valence-electron chi connectivity index (χ1n) is 2.49. The monoisotopic (exact) mass is 370 g/mol. The standard InChI is InChI=1S/C3H8I2OSi2/c1-7(4)3-8(2,5)6-7/h3H2,1-2H3. The Kier molecular flexibility index (Phi) is 2.16. The van der Waals surface area contributed by atoms with Crippen LogP contribution in [0.3, 0.4) is 0 Å². The first kappa shape index (κ1) is 7.96. The first-order chi connectivity index (χ1) is 3.41. The van der Waals surface area contributed by atoms with Gasteiger partial charge in [0.1, 0.15) is 0 Å². The van der Waals surface area contributed by atoms with Gasteiger partial charge in [0, 0.05) is 5.67 Å². The Labute approximate surface area is 77.3 Å². The Hall–Kier alpha value is 1.85. The minimum absolute atomic E-state index is 1.06. The van der Waals surface area contributed by atoms with Crippen LogP contribution < -0.4 is 0 Å². The van der Waals surface area contributed by atoms with E-state index in [1.165, 1.54) is 5.67 Å². The van der Waals surface area contributed by atoms with E-state index < -0.39 is 11.6 Å². The molecule has 0 aromatic rings. The molecule has 1 heterocycles. The third kappa shape index (κ3) is 1.92. The Balaban J connectivity index is 2.42. The Morgan fingerprint density at radius 3 is 1.50 bits per heavy atom. The van der Waals surface area contributed by atoms with E-state index in [2.05, 4.69) is 56.7 Å². The van der Waals surface area contributed by atoms with Crippen LogP contribution in [0.1, 0.15) is 0 Å². The van der Waals surface area contributed by atoms with E-state index >= 15 is 0 Å². The third-order valence-corrected chi connectivity index (χ3v) is 20.3. The molecular weight excluding hydrogens is 362 g/mol. The van der Waals surface area contributed by atoms with Crippen molar-refractivity contribution in [2.45, 2.75) is 18.8 Å². The van der Waals surface area contributed by atoms with Gasteiger partial charge in [-0.2, -0.15) is 0 Å². The Bertz CT molecular complexity index is 91.9. The maximum absolute atomic E-state index is 5.76. The van der Waals surface area contributed by atoms with Crippen LogP contribution in [-0.4, -0.2) is 11.6 Å². The third-order valence-electron chi connectivity index (χ3n) is 1.06.